The van der Waals surface area contributed by atoms with Gasteiger partial charge in [-0.2, -0.15) is 0 Å². The summed E-state index contributed by atoms with van der Waals surface area (Å²) in [5, 5.41) is 6.16. The fraction of sp³-hybridized carbons (Fsp3) is 0.462. The highest BCUT2D eigenvalue weighted by Crippen LogP contribution is 2.16. The first kappa shape index (κ1) is 12.7. The maximum Gasteiger partial charge on any atom is 0.322 e. The molecule has 98 valence electrons. The van der Waals surface area contributed by atoms with Crippen molar-refractivity contribution < 1.29 is 9.53 Å². The normalized spacial score (nSPS) is 19.4. The molecular formula is C13H19N3O2. The van der Waals surface area contributed by atoms with E-state index in [1.54, 1.807) is 7.11 Å². The van der Waals surface area contributed by atoms with Crippen molar-refractivity contribution in [2.75, 3.05) is 32.1 Å². The van der Waals surface area contributed by atoms with E-state index in [2.05, 4.69) is 10.6 Å². The molecule has 1 aromatic carbocycles. The summed E-state index contributed by atoms with van der Waals surface area (Å²) >= 11 is 0. The summed E-state index contributed by atoms with van der Waals surface area (Å²) in [6.07, 6.45) is 0. The predicted octanol–water partition coefficient (Wildman–Crippen LogP) is 1.52. The van der Waals surface area contributed by atoms with Crippen LogP contribution in [0.4, 0.5) is 10.5 Å². The summed E-state index contributed by atoms with van der Waals surface area (Å²) in [4.78, 5) is 13.9. The SMILES string of the molecule is COc1ccc(NC(=O)N2CCNC[C@H]2C)cc1. The van der Waals surface area contributed by atoms with Crippen molar-refractivity contribution in [2.24, 2.45) is 0 Å². The first-order valence-electron chi connectivity index (χ1n) is 6.13. The standard InChI is InChI=1S/C13H19N3O2/c1-10-9-14-7-8-16(10)13(17)15-11-3-5-12(18-2)6-4-11/h3-6,10,14H,7-9H2,1-2H3,(H,15,17)/t10-/m1/s1. The number of benzene rings is 1. The van der Waals surface area contributed by atoms with Crippen LogP contribution in [-0.2, 0) is 0 Å². The average molecular weight is 249 g/mol. The van der Waals surface area contributed by atoms with Crippen molar-refractivity contribution in [2.45, 2.75) is 13.0 Å². The summed E-state index contributed by atoms with van der Waals surface area (Å²) in [5.41, 5.74) is 0.784. The highest BCUT2D eigenvalue weighted by molar-refractivity contribution is 5.89. The van der Waals surface area contributed by atoms with Gasteiger partial charge in [0, 0.05) is 31.4 Å². The van der Waals surface area contributed by atoms with Crippen LogP contribution >= 0.6 is 0 Å². The third kappa shape index (κ3) is 2.92. The van der Waals surface area contributed by atoms with E-state index in [4.69, 9.17) is 4.74 Å². The van der Waals surface area contributed by atoms with E-state index in [9.17, 15) is 4.79 Å². The molecular weight excluding hydrogens is 230 g/mol. The Morgan fingerprint density at radius 2 is 2.17 bits per heavy atom. The lowest BCUT2D eigenvalue weighted by atomic mass is 10.2. The smallest absolute Gasteiger partial charge is 0.322 e. The van der Waals surface area contributed by atoms with Crippen LogP contribution in [0.5, 0.6) is 5.75 Å². The van der Waals surface area contributed by atoms with Crippen LogP contribution in [0.1, 0.15) is 6.92 Å². The zero-order chi connectivity index (χ0) is 13.0. The van der Waals surface area contributed by atoms with Gasteiger partial charge in [-0.1, -0.05) is 0 Å². The number of anilines is 1. The van der Waals surface area contributed by atoms with Gasteiger partial charge in [-0.25, -0.2) is 4.79 Å². The van der Waals surface area contributed by atoms with Crippen LogP contribution < -0.4 is 15.4 Å². The van der Waals surface area contributed by atoms with Crippen LogP contribution in [-0.4, -0.2) is 43.7 Å². The van der Waals surface area contributed by atoms with Gasteiger partial charge in [0.1, 0.15) is 5.75 Å². The minimum absolute atomic E-state index is 0.0471. The third-order valence-electron chi connectivity index (χ3n) is 3.10. The Morgan fingerprint density at radius 1 is 1.44 bits per heavy atom. The molecule has 0 aromatic heterocycles. The molecule has 0 aliphatic carbocycles. The number of carbonyl (C=O) groups excluding carboxylic acids is 1. The lowest BCUT2D eigenvalue weighted by Crippen LogP contribution is -2.53. The van der Waals surface area contributed by atoms with Gasteiger partial charge in [0.15, 0.2) is 0 Å². The van der Waals surface area contributed by atoms with Crippen LogP contribution in [0.15, 0.2) is 24.3 Å². The second kappa shape index (κ2) is 5.73. The molecule has 0 bridgehead atoms. The molecule has 1 heterocycles. The Hall–Kier alpha value is -1.75. The Balaban J connectivity index is 1.97. The Morgan fingerprint density at radius 3 is 2.78 bits per heavy atom. The van der Waals surface area contributed by atoms with E-state index in [1.165, 1.54) is 0 Å². The molecule has 0 unspecified atom stereocenters. The molecule has 1 saturated heterocycles. The molecule has 5 nitrogen and oxygen atoms in total. The third-order valence-corrected chi connectivity index (χ3v) is 3.10. The zero-order valence-electron chi connectivity index (χ0n) is 10.8. The second-order valence-electron chi connectivity index (χ2n) is 4.41. The number of nitrogens with one attached hydrogen (secondary N) is 2. The molecule has 0 spiro atoms. The zero-order valence-corrected chi connectivity index (χ0v) is 10.8. The molecule has 1 aromatic rings. The monoisotopic (exact) mass is 249 g/mol. The Bertz CT molecular complexity index is 405. The van der Waals surface area contributed by atoms with Gasteiger partial charge < -0.3 is 20.3 Å². The number of piperazine rings is 1. The highest BCUT2D eigenvalue weighted by Gasteiger charge is 2.22. The van der Waals surface area contributed by atoms with Crippen molar-refractivity contribution >= 4 is 11.7 Å². The fourth-order valence-electron chi connectivity index (χ4n) is 2.01. The molecule has 1 fully saturated rings. The molecule has 2 N–H and O–H groups in total. The lowest BCUT2D eigenvalue weighted by Gasteiger charge is -2.33. The largest absolute Gasteiger partial charge is 0.497 e. The van der Waals surface area contributed by atoms with E-state index in [0.717, 1.165) is 31.1 Å². The topological polar surface area (TPSA) is 53.6 Å². The van der Waals surface area contributed by atoms with Gasteiger partial charge in [0.05, 0.1) is 7.11 Å². The van der Waals surface area contributed by atoms with Gasteiger partial charge in [-0.05, 0) is 31.2 Å². The van der Waals surface area contributed by atoms with Crippen molar-refractivity contribution in [1.29, 1.82) is 0 Å². The number of hydrogen-bond acceptors (Lipinski definition) is 3. The molecule has 18 heavy (non-hydrogen) atoms. The maximum absolute atomic E-state index is 12.1. The van der Waals surface area contributed by atoms with Gasteiger partial charge in [0.25, 0.3) is 0 Å². The predicted molar refractivity (Wildman–Crippen MR) is 71.1 cm³/mol. The molecule has 2 amide bonds. The number of rotatable bonds is 2. The first-order valence-corrected chi connectivity index (χ1v) is 6.13. The number of ether oxygens (including phenoxy) is 1. The van der Waals surface area contributed by atoms with Crippen LogP contribution in [0, 0.1) is 0 Å². The van der Waals surface area contributed by atoms with E-state index >= 15 is 0 Å². The lowest BCUT2D eigenvalue weighted by molar-refractivity contribution is 0.177. The molecule has 2 rings (SSSR count). The van der Waals surface area contributed by atoms with E-state index in [0.29, 0.717) is 0 Å². The minimum Gasteiger partial charge on any atom is -0.497 e. The quantitative estimate of drug-likeness (QED) is 0.835. The summed E-state index contributed by atoms with van der Waals surface area (Å²) < 4.78 is 5.08. The molecule has 1 aliphatic rings. The maximum atomic E-state index is 12.1. The van der Waals surface area contributed by atoms with Crippen LogP contribution in [0.3, 0.4) is 0 Å². The molecule has 1 aliphatic heterocycles. The van der Waals surface area contributed by atoms with E-state index in [-0.39, 0.29) is 12.1 Å². The van der Waals surface area contributed by atoms with Gasteiger partial charge in [-0.3, -0.25) is 0 Å². The minimum atomic E-state index is -0.0471. The van der Waals surface area contributed by atoms with Gasteiger partial charge >= 0.3 is 6.03 Å². The van der Waals surface area contributed by atoms with Crippen LogP contribution in [0.25, 0.3) is 0 Å². The Kier molecular flexibility index (Phi) is 4.04. The Labute approximate surface area is 107 Å². The van der Waals surface area contributed by atoms with Crippen molar-refractivity contribution in [3.63, 3.8) is 0 Å². The average Bonchev–Trinajstić information content (AvgIpc) is 2.40. The summed E-state index contributed by atoms with van der Waals surface area (Å²) in [6, 6.07) is 7.51. The number of carbonyl (C=O) groups is 1. The van der Waals surface area contributed by atoms with E-state index in [1.807, 2.05) is 36.1 Å². The molecule has 0 saturated carbocycles. The number of amides is 2. The van der Waals surface area contributed by atoms with Gasteiger partial charge in [-0.15, -0.1) is 0 Å². The first-order chi connectivity index (χ1) is 8.70. The second-order valence-corrected chi connectivity index (χ2v) is 4.41. The number of methoxy groups -OCH3 is 1. The summed E-state index contributed by atoms with van der Waals surface area (Å²) in [7, 11) is 1.62. The van der Waals surface area contributed by atoms with Crippen LogP contribution in [0.2, 0.25) is 0 Å². The molecule has 1 atom stereocenters. The van der Waals surface area contributed by atoms with Crippen molar-refractivity contribution in [3.05, 3.63) is 24.3 Å². The van der Waals surface area contributed by atoms with Crippen molar-refractivity contribution in [1.82, 2.24) is 10.2 Å². The molecule has 5 heteroatoms. The van der Waals surface area contributed by atoms with E-state index < -0.39 is 0 Å². The van der Waals surface area contributed by atoms with Crippen molar-refractivity contribution in [3.8, 4) is 5.75 Å². The summed E-state index contributed by atoms with van der Waals surface area (Å²) in [5.74, 6) is 0.781. The highest BCUT2D eigenvalue weighted by atomic mass is 16.5. The number of hydrogen-bond donors (Lipinski definition) is 2. The van der Waals surface area contributed by atoms with Gasteiger partial charge in [0.2, 0.25) is 0 Å². The number of nitrogens with zero attached hydrogens (tertiary/aromatic N) is 1. The fourth-order valence-corrected chi connectivity index (χ4v) is 2.01. The summed E-state index contributed by atoms with van der Waals surface area (Å²) in [6.45, 7) is 4.47. The number of urea groups is 1. The molecule has 0 radical (unpaired) electrons.